The Labute approximate surface area is 162 Å². The number of hydrogen-bond acceptors (Lipinski definition) is 4. The first-order valence-electron chi connectivity index (χ1n) is 8.55. The molecule has 0 saturated carbocycles. The number of amides is 3. The van der Waals surface area contributed by atoms with Crippen LogP contribution in [0.1, 0.15) is 37.6 Å². The van der Waals surface area contributed by atoms with Crippen molar-refractivity contribution in [3.8, 4) is 0 Å². The Bertz CT molecular complexity index is 622. The smallest absolute Gasteiger partial charge is 0.407 e. The van der Waals surface area contributed by atoms with Crippen LogP contribution in [-0.2, 0) is 9.53 Å². The van der Waals surface area contributed by atoms with E-state index in [9.17, 15) is 14.4 Å². The van der Waals surface area contributed by atoms with Crippen LogP contribution in [0.2, 0.25) is 0 Å². The lowest BCUT2D eigenvalue weighted by Crippen LogP contribution is -2.46. The van der Waals surface area contributed by atoms with Crippen LogP contribution in [0.15, 0.2) is 28.7 Å². The molecule has 0 fully saturated rings. The zero-order chi connectivity index (χ0) is 19.5. The van der Waals surface area contributed by atoms with Crippen LogP contribution in [0.3, 0.4) is 0 Å². The normalized spacial score (nSPS) is 11.6. The highest BCUT2D eigenvalue weighted by molar-refractivity contribution is 9.10. The molecule has 1 atom stereocenters. The van der Waals surface area contributed by atoms with Gasteiger partial charge in [-0.15, -0.1) is 0 Å². The van der Waals surface area contributed by atoms with Crippen LogP contribution in [0.5, 0.6) is 0 Å². The van der Waals surface area contributed by atoms with Gasteiger partial charge in [0.15, 0.2) is 0 Å². The molecule has 0 aliphatic carbocycles. The molecule has 144 valence electrons. The number of carbonyl (C=O) groups is 3. The molecule has 0 aliphatic heterocycles. The average Bonchev–Trinajstić information content (AvgIpc) is 2.57. The average molecular weight is 428 g/mol. The zero-order valence-corrected chi connectivity index (χ0v) is 16.9. The maximum atomic E-state index is 12.0. The predicted octanol–water partition coefficient (Wildman–Crippen LogP) is 2.46. The fourth-order valence-corrected chi connectivity index (χ4v) is 2.69. The number of benzene rings is 1. The standard InChI is InChI=1S/C18H26BrN3O4/c1-4-26-18(25)22-15(8-12(2)3)10-20-16(23)11-21-17(24)13-6-5-7-14(19)9-13/h5-7,9,12,15H,4,8,10-11H2,1-3H3,(H,20,23)(H,21,24)(H,22,25). The van der Waals surface area contributed by atoms with E-state index in [2.05, 4.69) is 31.9 Å². The van der Waals surface area contributed by atoms with Gasteiger partial charge in [0.05, 0.1) is 13.2 Å². The Hall–Kier alpha value is -2.09. The minimum atomic E-state index is -0.504. The highest BCUT2D eigenvalue weighted by Gasteiger charge is 2.16. The van der Waals surface area contributed by atoms with Gasteiger partial charge in [0, 0.05) is 22.6 Å². The van der Waals surface area contributed by atoms with Gasteiger partial charge in [-0.3, -0.25) is 9.59 Å². The molecule has 3 amide bonds. The maximum Gasteiger partial charge on any atom is 0.407 e. The van der Waals surface area contributed by atoms with Gasteiger partial charge in [0.2, 0.25) is 5.91 Å². The third-order valence-electron chi connectivity index (χ3n) is 3.40. The van der Waals surface area contributed by atoms with E-state index in [1.807, 2.05) is 19.9 Å². The van der Waals surface area contributed by atoms with E-state index >= 15 is 0 Å². The fourth-order valence-electron chi connectivity index (χ4n) is 2.29. The summed E-state index contributed by atoms with van der Waals surface area (Å²) >= 11 is 3.30. The zero-order valence-electron chi connectivity index (χ0n) is 15.3. The van der Waals surface area contributed by atoms with Gasteiger partial charge in [-0.2, -0.15) is 0 Å². The molecule has 8 heteroatoms. The van der Waals surface area contributed by atoms with Gasteiger partial charge in [-0.1, -0.05) is 35.8 Å². The number of halogens is 1. The molecule has 26 heavy (non-hydrogen) atoms. The molecule has 1 aromatic carbocycles. The molecule has 1 unspecified atom stereocenters. The van der Waals surface area contributed by atoms with Crippen molar-refractivity contribution in [2.24, 2.45) is 5.92 Å². The summed E-state index contributed by atoms with van der Waals surface area (Å²) in [7, 11) is 0. The molecular formula is C18H26BrN3O4. The SMILES string of the molecule is CCOC(=O)NC(CNC(=O)CNC(=O)c1cccc(Br)c1)CC(C)C. The Morgan fingerprint density at radius 2 is 1.92 bits per heavy atom. The Morgan fingerprint density at radius 1 is 1.19 bits per heavy atom. The summed E-state index contributed by atoms with van der Waals surface area (Å²) in [5.74, 6) is -0.312. The Kier molecular flexibility index (Phi) is 9.72. The van der Waals surface area contributed by atoms with Gasteiger partial charge in [-0.25, -0.2) is 4.79 Å². The van der Waals surface area contributed by atoms with Crippen LogP contribution in [0, 0.1) is 5.92 Å². The van der Waals surface area contributed by atoms with E-state index in [4.69, 9.17) is 4.74 Å². The van der Waals surface area contributed by atoms with E-state index < -0.39 is 6.09 Å². The Morgan fingerprint density at radius 3 is 2.54 bits per heavy atom. The summed E-state index contributed by atoms with van der Waals surface area (Å²) < 4.78 is 5.66. The van der Waals surface area contributed by atoms with Crippen LogP contribution < -0.4 is 16.0 Å². The van der Waals surface area contributed by atoms with Crippen LogP contribution >= 0.6 is 15.9 Å². The molecule has 0 heterocycles. The minimum Gasteiger partial charge on any atom is -0.450 e. The molecule has 0 spiro atoms. The van der Waals surface area contributed by atoms with Crippen LogP contribution in [0.4, 0.5) is 4.79 Å². The monoisotopic (exact) mass is 427 g/mol. The van der Waals surface area contributed by atoms with E-state index in [1.165, 1.54) is 0 Å². The number of ether oxygens (including phenoxy) is 1. The highest BCUT2D eigenvalue weighted by atomic mass is 79.9. The minimum absolute atomic E-state index is 0.140. The van der Waals surface area contributed by atoms with Gasteiger partial charge in [0.25, 0.3) is 5.91 Å². The van der Waals surface area contributed by atoms with E-state index in [-0.39, 0.29) is 37.6 Å². The molecular weight excluding hydrogens is 402 g/mol. The van der Waals surface area contributed by atoms with Crippen molar-refractivity contribution in [2.45, 2.75) is 33.2 Å². The summed E-state index contributed by atoms with van der Waals surface area (Å²) in [6.45, 7) is 6.20. The van der Waals surface area contributed by atoms with Gasteiger partial charge in [-0.05, 0) is 37.5 Å². The van der Waals surface area contributed by atoms with Crippen molar-refractivity contribution in [3.05, 3.63) is 34.3 Å². The molecule has 0 bridgehead atoms. The molecule has 1 aromatic rings. The predicted molar refractivity (Wildman–Crippen MR) is 103 cm³/mol. The van der Waals surface area contributed by atoms with Crippen molar-refractivity contribution in [1.82, 2.24) is 16.0 Å². The molecule has 0 aromatic heterocycles. The fraction of sp³-hybridized carbons (Fsp3) is 0.500. The number of hydrogen-bond donors (Lipinski definition) is 3. The number of nitrogens with one attached hydrogen (secondary N) is 3. The lowest BCUT2D eigenvalue weighted by atomic mass is 10.0. The van der Waals surface area contributed by atoms with E-state index in [0.29, 0.717) is 17.9 Å². The first-order chi connectivity index (χ1) is 12.3. The molecule has 0 aliphatic rings. The maximum absolute atomic E-state index is 12.0. The largest absolute Gasteiger partial charge is 0.450 e. The number of carbonyl (C=O) groups excluding carboxylic acids is 3. The molecule has 7 nitrogen and oxygen atoms in total. The topological polar surface area (TPSA) is 96.5 Å². The summed E-state index contributed by atoms with van der Waals surface area (Å²) in [6.07, 6.45) is 0.194. The molecule has 0 radical (unpaired) electrons. The second-order valence-electron chi connectivity index (χ2n) is 6.19. The first-order valence-corrected chi connectivity index (χ1v) is 9.34. The summed E-state index contributed by atoms with van der Waals surface area (Å²) in [5.41, 5.74) is 0.467. The lowest BCUT2D eigenvalue weighted by Gasteiger charge is -2.20. The van der Waals surface area contributed by atoms with E-state index in [1.54, 1.807) is 25.1 Å². The van der Waals surface area contributed by atoms with Crippen LogP contribution in [-0.4, -0.2) is 43.6 Å². The number of alkyl carbamates (subject to hydrolysis) is 1. The first kappa shape index (κ1) is 22.0. The molecule has 3 N–H and O–H groups in total. The van der Waals surface area contributed by atoms with Crippen molar-refractivity contribution >= 4 is 33.8 Å². The van der Waals surface area contributed by atoms with Gasteiger partial charge < -0.3 is 20.7 Å². The van der Waals surface area contributed by atoms with Crippen molar-refractivity contribution in [2.75, 3.05) is 19.7 Å². The van der Waals surface area contributed by atoms with Gasteiger partial charge >= 0.3 is 6.09 Å². The second kappa shape index (κ2) is 11.5. The third kappa shape index (κ3) is 8.84. The quantitative estimate of drug-likeness (QED) is 0.563. The van der Waals surface area contributed by atoms with Crippen molar-refractivity contribution in [1.29, 1.82) is 0 Å². The highest BCUT2D eigenvalue weighted by Crippen LogP contribution is 2.11. The van der Waals surface area contributed by atoms with Gasteiger partial charge in [0.1, 0.15) is 0 Å². The third-order valence-corrected chi connectivity index (χ3v) is 3.89. The summed E-state index contributed by atoms with van der Waals surface area (Å²) in [5, 5.41) is 8.02. The molecule has 1 rings (SSSR count). The van der Waals surface area contributed by atoms with E-state index in [0.717, 1.165) is 4.47 Å². The summed E-state index contributed by atoms with van der Waals surface area (Å²) in [4.78, 5) is 35.6. The summed E-state index contributed by atoms with van der Waals surface area (Å²) in [6, 6.07) is 6.67. The lowest BCUT2D eigenvalue weighted by molar-refractivity contribution is -0.120. The molecule has 0 saturated heterocycles. The Balaban J connectivity index is 2.44. The number of rotatable bonds is 9. The second-order valence-corrected chi connectivity index (χ2v) is 7.10. The van der Waals surface area contributed by atoms with Crippen molar-refractivity contribution < 1.29 is 19.1 Å². The van der Waals surface area contributed by atoms with Crippen LogP contribution in [0.25, 0.3) is 0 Å². The van der Waals surface area contributed by atoms with Crippen molar-refractivity contribution in [3.63, 3.8) is 0 Å².